The first-order valence-corrected chi connectivity index (χ1v) is 11.0. The normalized spacial score (nSPS) is 11.6. The molecule has 2 rings (SSSR count). The average molecular weight is 477 g/mol. The summed E-state index contributed by atoms with van der Waals surface area (Å²) in [4.78, 5) is 24.0. The number of benzene rings is 2. The van der Waals surface area contributed by atoms with Crippen molar-refractivity contribution in [3.05, 3.63) is 64.1 Å². The van der Waals surface area contributed by atoms with E-state index in [9.17, 15) is 9.59 Å². The van der Waals surface area contributed by atoms with Crippen molar-refractivity contribution in [1.29, 1.82) is 0 Å². The number of amides is 1. The number of nitrogens with one attached hydrogen (secondary N) is 1. The van der Waals surface area contributed by atoms with E-state index < -0.39 is 12.2 Å². The van der Waals surface area contributed by atoms with Gasteiger partial charge in [0.25, 0.3) is 0 Å². The van der Waals surface area contributed by atoms with Gasteiger partial charge in [-0.25, -0.2) is 4.79 Å². The number of carbonyl (C=O) groups excluding carboxylic acids is 2. The van der Waals surface area contributed by atoms with Gasteiger partial charge >= 0.3 is 6.16 Å². The Balaban J connectivity index is 1.74. The zero-order chi connectivity index (χ0) is 21.8. The maximum absolute atomic E-state index is 12.1. The number of unbranched alkanes of at least 4 members (excludes halogenated alkanes) is 3. The molecule has 0 bridgehead atoms. The molecule has 7 heteroatoms. The van der Waals surface area contributed by atoms with Gasteiger partial charge in [-0.1, -0.05) is 72.4 Å². The molecule has 30 heavy (non-hydrogen) atoms. The van der Waals surface area contributed by atoms with Gasteiger partial charge in [-0.2, -0.15) is 0 Å². The van der Waals surface area contributed by atoms with E-state index in [1.165, 1.54) is 6.42 Å². The van der Waals surface area contributed by atoms with Crippen LogP contribution in [0.4, 0.5) is 4.79 Å². The Morgan fingerprint density at radius 1 is 1.07 bits per heavy atom. The Morgan fingerprint density at radius 3 is 2.50 bits per heavy atom. The van der Waals surface area contributed by atoms with E-state index in [1.54, 1.807) is 24.3 Å². The standard InChI is InChI=1S/C23H29BrN2O4/c1-2-3-4-7-14-26-22(27)21(25)15-17-10-12-19(13-11-17)30-23(28)29-16-18-8-5-6-9-20(18)24/h5-6,8-13,21H,2-4,7,14-16,25H2,1H3,(H,26,27)/t21-/m0/s1. The molecule has 0 saturated heterocycles. The predicted octanol–water partition coefficient (Wildman–Crippen LogP) is 4.73. The minimum atomic E-state index is -0.780. The Kier molecular flexibility index (Phi) is 10.4. The SMILES string of the molecule is CCCCCCNC(=O)[C@@H](N)Cc1ccc(OC(=O)OCc2ccccc2Br)cc1. The molecule has 0 aromatic heterocycles. The van der Waals surface area contributed by atoms with Crippen LogP contribution in [-0.2, 0) is 22.6 Å². The number of hydrogen-bond acceptors (Lipinski definition) is 5. The van der Waals surface area contributed by atoms with Crippen LogP contribution in [0.15, 0.2) is 53.0 Å². The molecule has 1 amide bonds. The molecule has 0 fully saturated rings. The van der Waals surface area contributed by atoms with Gasteiger partial charge in [0.2, 0.25) is 5.91 Å². The molecule has 0 unspecified atom stereocenters. The molecule has 6 nitrogen and oxygen atoms in total. The van der Waals surface area contributed by atoms with Crippen LogP contribution < -0.4 is 15.8 Å². The maximum atomic E-state index is 12.1. The van der Waals surface area contributed by atoms with Crippen LogP contribution in [0, 0.1) is 0 Å². The summed E-state index contributed by atoms with van der Waals surface area (Å²) < 4.78 is 11.2. The van der Waals surface area contributed by atoms with Gasteiger partial charge in [0.1, 0.15) is 12.4 Å². The summed E-state index contributed by atoms with van der Waals surface area (Å²) in [6, 6.07) is 13.8. The highest BCUT2D eigenvalue weighted by molar-refractivity contribution is 9.10. The van der Waals surface area contributed by atoms with Crippen molar-refractivity contribution in [3.63, 3.8) is 0 Å². The third kappa shape index (κ3) is 8.55. The van der Waals surface area contributed by atoms with Crippen molar-refractivity contribution in [3.8, 4) is 5.75 Å². The third-order valence-corrected chi connectivity index (χ3v) is 5.32. The lowest BCUT2D eigenvalue weighted by atomic mass is 10.1. The average Bonchev–Trinajstić information content (AvgIpc) is 2.74. The molecule has 0 radical (unpaired) electrons. The van der Waals surface area contributed by atoms with Crippen LogP contribution in [0.25, 0.3) is 0 Å². The van der Waals surface area contributed by atoms with Gasteiger partial charge in [0, 0.05) is 16.6 Å². The van der Waals surface area contributed by atoms with Gasteiger partial charge in [-0.05, 0) is 36.6 Å². The lowest BCUT2D eigenvalue weighted by Crippen LogP contribution is -2.42. The van der Waals surface area contributed by atoms with E-state index in [2.05, 4.69) is 28.2 Å². The third-order valence-electron chi connectivity index (χ3n) is 4.55. The molecule has 162 valence electrons. The summed E-state index contributed by atoms with van der Waals surface area (Å²) in [6.45, 7) is 2.92. The molecule has 0 aliphatic rings. The second kappa shape index (κ2) is 13.0. The topological polar surface area (TPSA) is 90.7 Å². The van der Waals surface area contributed by atoms with Gasteiger partial charge in [-0.15, -0.1) is 0 Å². The molecular weight excluding hydrogens is 448 g/mol. The number of rotatable bonds is 11. The van der Waals surface area contributed by atoms with E-state index in [1.807, 2.05) is 24.3 Å². The van der Waals surface area contributed by atoms with Crippen LogP contribution in [0.3, 0.4) is 0 Å². The summed E-state index contributed by atoms with van der Waals surface area (Å²) in [7, 11) is 0. The van der Waals surface area contributed by atoms with Crippen molar-refractivity contribution in [2.75, 3.05) is 6.54 Å². The zero-order valence-electron chi connectivity index (χ0n) is 17.2. The summed E-state index contributed by atoms with van der Waals surface area (Å²) >= 11 is 3.40. The lowest BCUT2D eigenvalue weighted by molar-refractivity contribution is -0.122. The first kappa shape index (κ1) is 23.9. The summed E-state index contributed by atoms with van der Waals surface area (Å²) in [5.74, 6) is 0.215. The van der Waals surface area contributed by atoms with Gasteiger partial charge < -0.3 is 20.5 Å². The fourth-order valence-corrected chi connectivity index (χ4v) is 3.21. The predicted molar refractivity (Wildman–Crippen MR) is 120 cm³/mol. The maximum Gasteiger partial charge on any atom is 0.514 e. The molecule has 2 aromatic rings. The molecule has 0 aliphatic carbocycles. The fourth-order valence-electron chi connectivity index (χ4n) is 2.81. The minimum absolute atomic E-state index is 0.112. The van der Waals surface area contributed by atoms with Gasteiger partial charge in [0.05, 0.1) is 6.04 Å². The molecule has 0 saturated carbocycles. The Hall–Kier alpha value is -2.38. The smallest absolute Gasteiger partial charge is 0.429 e. The van der Waals surface area contributed by atoms with Crippen molar-refractivity contribution in [2.45, 2.75) is 51.7 Å². The highest BCUT2D eigenvalue weighted by Gasteiger charge is 2.14. The van der Waals surface area contributed by atoms with Crippen molar-refractivity contribution < 1.29 is 19.1 Å². The second-order valence-electron chi connectivity index (χ2n) is 7.04. The number of nitrogens with two attached hydrogens (primary N) is 1. The first-order valence-electron chi connectivity index (χ1n) is 10.2. The fraction of sp³-hybridized carbons (Fsp3) is 0.391. The lowest BCUT2D eigenvalue weighted by Gasteiger charge is -2.13. The highest BCUT2D eigenvalue weighted by atomic mass is 79.9. The van der Waals surface area contributed by atoms with Crippen LogP contribution >= 0.6 is 15.9 Å². The van der Waals surface area contributed by atoms with E-state index in [-0.39, 0.29) is 12.5 Å². The van der Waals surface area contributed by atoms with Crippen molar-refractivity contribution in [2.24, 2.45) is 5.73 Å². The number of hydrogen-bond donors (Lipinski definition) is 2. The Bertz CT molecular complexity index is 811. The number of carbonyl (C=O) groups is 2. The van der Waals surface area contributed by atoms with E-state index in [4.69, 9.17) is 15.2 Å². The molecule has 0 spiro atoms. The molecular formula is C23H29BrN2O4. The van der Waals surface area contributed by atoms with Gasteiger partial charge in [0.15, 0.2) is 0 Å². The Labute approximate surface area is 186 Å². The van der Waals surface area contributed by atoms with Crippen molar-refractivity contribution >= 4 is 28.0 Å². The van der Waals surface area contributed by atoms with Crippen molar-refractivity contribution in [1.82, 2.24) is 5.32 Å². The van der Waals surface area contributed by atoms with E-state index in [0.29, 0.717) is 18.7 Å². The van der Waals surface area contributed by atoms with Crippen LogP contribution in [-0.4, -0.2) is 24.6 Å². The van der Waals surface area contributed by atoms with Crippen LogP contribution in [0.5, 0.6) is 5.75 Å². The van der Waals surface area contributed by atoms with Gasteiger partial charge in [-0.3, -0.25) is 4.79 Å². The highest BCUT2D eigenvalue weighted by Crippen LogP contribution is 2.18. The monoisotopic (exact) mass is 476 g/mol. The second-order valence-corrected chi connectivity index (χ2v) is 7.89. The Morgan fingerprint density at radius 2 is 1.80 bits per heavy atom. The molecule has 1 atom stereocenters. The first-order chi connectivity index (χ1) is 14.5. The number of halogens is 1. The molecule has 3 N–H and O–H groups in total. The van der Waals surface area contributed by atoms with Crippen LogP contribution in [0.1, 0.15) is 43.7 Å². The minimum Gasteiger partial charge on any atom is -0.429 e. The summed E-state index contributed by atoms with van der Waals surface area (Å²) in [5.41, 5.74) is 7.73. The largest absolute Gasteiger partial charge is 0.514 e. The zero-order valence-corrected chi connectivity index (χ0v) is 18.8. The summed E-state index contributed by atoms with van der Waals surface area (Å²) in [6.07, 6.45) is 4.04. The van der Waals surface area contributed by atoms with E-state index >= 15 is 0 Å². The molecule has 0 heterocycles. The summed E-state index contributed by atoms with van der Waals surface area (Å²) in [5, 5.41) is 2.88. The van der Waals surface area contributed by atoms with Crippen LogP contribution in [0.2, 0.25) is 0 Å². The van der Waals surface area contributed by atoms with E-state index in [0.717, 1.165) is 34.9 Å². The molecule has 0 aliphatic heterocycles. The quantitative estimate of drug-likeness (QED) is 0.277. The number of ether oxygens (including phenoxy) is 2. The molecule has 2 aromatic carbocycles.